The highest BCUT2D eigenvalue weighted by Gasteiger charge is 2.10. The largest absolute Gasteiger partial charge is 0.497 e. The van der Waals surface area contributed by atoms with Gasteiger partial charge in [-0.05, 0) is 53.7 Å². The van der Waals surface area contributed by atoms with E-state index in [1.807, 2.05) is 18.2 Å². The van der Waals surface area contributed by atoms with Crippen molar-refractivity contribution in [2.45, 2.75) is 32.6 Å². The van der Waals surface area contributed by atoms with Crippen LogP contribution < -0.4 is 4.74 Å². The van der Waals surface area contributed by atoms with Gasteiger partial charge in [-0.3, -0.25) is 0 Å². The molecule has 0 atom stereocenters. The molecule has 0 radical (unpaired) electrons. The van der Waals surface area contributed by atoms with Crippen LogP contribution in [0.15, 0.2) is 67.3 Å². The summed E-state index contributed by atoms with van der Waals surface area (Å²) < 4.78 is 5.29. The highest BCUT2D eigenvalue weighted by molar-refractivity contribution is 5.91. The van der Waals surface area contributed by atoms with E-state index in [2.05, 4.69) is 56.0 Å². The molecule has 1 nitrogen and oxygen atoms in total. The molecule has 2 aromatic carbocycles. The lowest BCUT2D eigenvalue weighted by atomic mass is 9.89. The van der Waals surface area contributed by atoms with Gasteiger partial charge in [0.15, 0.2) is 0 Å². The van der Waals surface area contributed by atoms with Crippen LogP contribution in [0.2, 0.25) is 0 Å². The predicted molar refractivity (Wildman–Crippen MR) is 101 cm³/mol. The molecular formula is C22H26O. The van der Waals surface area contributed by atoms with Crippen LogP contribution >= 0.6 is 0 Å². The number of methoxy groups -OCH3 is 1. The molecular weight excluding hydrogens is 280 g/mol. The molecule has 0 fully saturated rings. The fraction of sp³-hybridized carbons (Fsp3) is 0.273. The number of hydrogen-bond donors (Lipinski definition) is 0. The fourth-order valence-electron chi connectivity index (χ4n) is 2.81. The van der Waals surface area contributed by atoms with Crippen LogP contribution in [0.1, 0.15) is 43.7 Å². The van der Waals surface area contributed by atoms with Gasteiger partial charge in [0.05, 0.1) is 7.11 Å². The summed E-state index contributed by atoms with van der Waals surface area (Å²) in [6, 6.07) is 19.0. The van der Waals surface area contributed by atoms with Gasteiger partial charge < -0.3 is 4.74 Å². The van der Waals surface area contributed by atoms with Gasteiger partial charge in [0.1, 0.15) is 5.75 Å². The van der Waals surface area contributed by atoms with E-state index in [0.29, 0.717) is 0 Å². The van der Waals surface area contributed by atoms with Gasteiger partial charge in [0.2, 0.25) is 0 Å². The van der Waals surface area contributed by atoms with E-state index in [1.54, 1.807) is 7.11 Å². The number of rotatable bonds is 8. The summed E-state index contributed by atoms with van der Waals surface area (Å²) in [4.78, 5) is 0. The second kappa shape index (κ2) is 8.99. The predicted octanol–water partition coefficient (Wildman–Crippen LogP) is 6.37. The summed E-state index contributed by atoms with van der Waals surface area (Å²) in [6.45, 7) is 6.19. The molecule has 23 heavy (non-hydrogen) atoms. The summed E-state index contributed by atoms with van der Waals surface area (Å²) in [5, 5.41) is 0. The Labute approximate surface area is 140 Å². The third kappa shape index (κ3) is 4.59. The topological polar surface area (TPSA) is 9.23 Å². The third-order valence-corrected chi connectivity index (χ3v) is 4.05. The van der Waals surface area contributed by atoms with Gasteiger partial charge in [-0.15, -0.1) is 6.58 Å². The Morgan fingerprint density at radius 2 is 1.61 bits per heavy atom. The number of benzene rings is 2. The maximum absolute atomic E-state index is 5.29. The van der Waals surface area contributed by atoms with Crippen LogP contribution in [-0.4, -0.2) is 7.11 Å². The number of unbranched alkanes of at least 4 members (excludes halogenated alkanes) is 1. The van der Waals surface area contributed by atoms with Crippen LogP contribution in [-0.2, 0) is 0 Å². The average Bonchev–Trinajstić information content (AvgIpc) is 2.62. The van der Waals surface area contributed by atoms with Crippen molar-refractivity contribution >= 4 is 11.1 Å². The zero-order valence-electron chi connectivity index (χ0n) is 14.2. The van der Waals surface area contributed by atoms with Crippen molar-refractivity contribution in [3.63, 3.8) is 0 Å². The molecule has 0 heterocycles. The van der Waals surface area contributed by atoms with Gasteiger partial charge >= 0.3 is 0 Å². The van der Waals surface area contributed by atoms with Gasteiger partial charge in [-0.2, -0.15) is 0 Å². The normalized spacial score (nSPS) is 11.7. The minimum Gasteiger partial charge on any atom is -0.497 e. The number of hydrogen-bond acceptors (Lipinski definition) is 1. The average molecular weight is 306 g/mol. The first-order valence-corrected chi connectivity index (χ1v) is 8.33. The lowest BCUT2D eigenvalue weighted by molar-refractivity contribution is 0.415. The second-order valence-corrected chi connectivity index (χ2v) is 5.65. The molecule has 0 aromatic heterocycles. The maximum Gasteiger partial charge on any atom is 0.118 e. The van der Waals surface area contributed by atoms with Crippen molar-refractivity contribution in [2.75, 3.05) is 7.11 Å². The second-order valence-electron chi connectivity index (χ2n) is 5.65. The Kier molecular flexibility index (Phi) is 6.68. The Morgan fingerprint density at radius 1 is 0.957 bits per heavy atom. The molecule has 0 saturated heterocycles. The molecule has 0 aliphatic rings. The molecule has 0 aliphatic heterocycles. The zero-order chi connectivity index (χ0) is 16.5. The van der Waals surface area contributed by atoms with E-state index < -0.39 is 0 Å². The summed E-state index contributed by atoms with van der Waals surface area (Å²) in [5.41, 5.74) is 5.36. The first-order valence-electron chi connectivity index (χ1n) is 8.33. The molecule has 2 rings (SSSR count). The van der Waals surface area contributed by atoms with Crippen LogP contribution in [0.25, 0.3) is 11.1 Å². The van der Waals surface area contributed by atoms with E-state index in [0.717, 1.165) is 18.6 Å². The molecule has 0 amide bonds. The zero-order valence-corrected chi connectivity index (χ0v) is 14.2. The van der Waals surface area contributed by atoms with E-state index >= 15 is 0 Å². The first-order chi connectivity index (χ1) is 11.3. The van der Waals surface area contributed by atoms with Gasteiger partial charge in [-0.1, -0.05) is 61.9 Å². The SMILES string of the molecule is C=CC/C(=C(/CCCC)c1ccc(OC)cc1)c1ccccc1. The quantitative estimate of drug-likeness (QED) is 0.406. The summed E-state index contributed by atoms with van der Waals surface area (Å²) in [7, 11) is 1.70. The molecule has 2 aromatic rings. The molecule has 1 heteroatoms. The minimum atomic E-state index is 0.884. The lowest BCUT2D eigenvalue weighted by Crippen LogP contribution is -1.94. The Hall–Kier alpha value is -2.28. The third-order valence-electron chi connectivity index (χ3n) is 4.05. The summed E-state index contributed by atoms with van der Waals surface area (Å²) >= 11 is 0. The Balaban J connectivity index is 2.52. The van der Waals surface area contributed by atoms with E-state index in [-0.39, 0.29) is 0 Å². The van der Waals surface area contributed by atoms with Crippen LogP contribution in [0.5, 0.6) is 5.75 Å². The molecule has 0 saturated carbocycles. The van der Waals surface area contributed by atoms with Crippen molar-refractivity contribution in [1.82, 2.24) is 0 Å². The van der Waals surface area contributed by atoms with E-state index in [4.69, 9.17) is 4.74 Å². The van der Waals surface area contributed by atoms with Gasteiger partial charge in [0, 0.05) is 0 Å². The summed E-state index contributed by atoms with van der Waals surface area (Å²) in [6.07, 6.45) is 6.35. The number of ether oxygens (including phenoxy) is 1. The highest BCUT2D eigenvalue weighted by atomic mass is 16.5. The Bertz CT molecular complexity index is 635. The van der Waals surface area contributed by atoms with Crippen molar-refractivity contribution < 1.29 is 4.74 Å². The smallest absolute Gasteiger partial charge is 0.118 e. The monoisotopic (exact) mass is 306 g/mol. The molecule has 0 spiro atoms. The molecule has 0 unspecified atom stereocenters. The van der Waals surface area contributed by atoms with Gasteiger partial charge in [0.25, 0.3) is 0 Å². The fourth-order valence-corrected chi connectivity index (χ4v) is 2.81. The summed E-state index contributed by atoms with van der Waals surface area (Å²) in [5.74, 6) is 0.897. The molecule has 0 N–H and O–H groups in total. The van der Waals surface area contributed by atoms with Crippen LogP contribution in [0.3, 0.4) is 0 Å². The first kappa shape index (κ1) is 17.1. The molecule has 0 bridgehead atoms. The lowest BCUT2D eigenvalue weighted by Gasteiger charge is -2.16. The molecule has 0 aliphatic carbocycles. The van der Waals surface area contributed by atoms with Crippen molar-refractivity contribution in [2.24, 2.45) is 0 Å². The van der Waals surface area contributed by atoms with Gasteiger partial charge in [-0.25, -0.2) is 0 Å². The van der Waals surface area contributed by atoms with E-state index in [1.165, 1.54) is 35.1 Å². The molecule has 120 valence electrons. The maximum atomic E-state index is 5.29. The highest BCUT2D eigenvalue weighted by Crippen LogP contribution is 2.33. The van der Waals surface area contributed by atoms with Crippen molar-refractivity contribution in [1.29, 1.82) is 0 Å². The number of allylic oxidation sites excluding steroid dienone is 3. The minimum absolute atomic E-state index is 0.884. The van der Waals surface area contributed by atoms with Crippen LogP contribution in [0.4, 0.5) is 0 Å². The van der Waals surface area contributed by atoms with Crippen molar-refractivity contribution in [3.8, 4) is 5.75 Å². The van der Waals surface area contributed by atoms with Crippen molar-refractivity contribution in [3.05, 3.63) is 78.4 Å². The van der Waals surface area contributed by atoms with Crippen LogP contribution in [0, 0.1) is 0 Å². The van der Waals surface area contributed by atoms with E-state index in [9.17, 15) is 0 Å². The standard InChI is InChI=1S/C22H26O/c1-4-6-13-22(19-14-16-20(23-3)17-15-19)21(10-5-2)18-11-8-7-9-12-18/h5,7-9,11-12,14-17H,2,4,6,10,13H2,1,3H3/b22-21+. The Morgan fingerprint density at radius 3 is 2.17 bits per heavy atom.